The molecule has 0 spiro atoms. The Kier molecular flexibility index (Phi) is 8.62. The Balaban J connectivity index is 1.69. The van der Waals surface area contributed by atoms with Crippen molar-refractivity contribution in [3.63, 3.8) is 0 Å². The van der Waals surface area contributed by atoms with E-state index in [1.54, 1.807) is 48.4 Å². The first-order chi connectivity index (χ1) is 16.3. The van der Waals surface area contributed by atoms with Crippen LogP contribution in [-0.2, 0) is 4.79 Å². The molecular formula is C26H32FN3O4. The van der Waals surface area contributed by atoms with E-state index in [0.717, 1.165) is 0 Å². The monoisotopic (exact) mass is 469 g/mol. The summed E-state index contributed by atoms with van der Waals surface area (Å²) in [6.07, 6.45) is 1.03. The maximum Gasteiger partial charge on any atom is 0.256 e. The number of piperidine rings is 1. The van der Waals surface area contributed by atoms with Crippen LogP contribution in [0, 0.1) is 17.7 Å². The highest BCUT2D eigenvalue weighted by molar-refractivity contribution is 5.98. The van der Waals surface area contributed by atoms with Gasteiger partial charge in [0.05, 0.1) is 12.7 Å². The predicted molar refractivity (Wildman–Crippen MR) is 127 cm³/mol. The summed E-state index contributed by atoms with van der Waals surface area (Å²) in [6, 6.07) is 11.9. The van der Waals surface area contributed by atoms with Gasteiger partial charge in [-0.25, -0.2) is 4.39 Å². The minimum absolute atomic E-state index is 0.0417. The molecule has 3 amide bonds. The van der Waals surface area contributed by atoms with E-state index in [1.165, 1.54) is 12.1 Å². The quantitative estimate of drug-likeness (QED) is 0.621. The molecule has 182 valence electrons. The molecule has 34 heavy (non-hydrogen) atoms. The largest absolute Gasteiger partial charge is 0.497 e. The summed E-state index contributed by atoms with van der Waals surface area (Å²) in [4.78, 5) is 40.3. The van der Waals surface area contributed by atoms with Gasteiger partial charge in [0.2, 0.25) is 5.91 Å². The lowest BCUT2D eigenvalue weighted by Crippen LogP contribution is -2.54. The summed E-state index contributed by atoms with van der Waals surface area (Å²) >= 11 is 0. The van der Waals surface area contributed by atoms with Crippen molar-refractivity contribution in [2.24, 2.45) is 11.8 Å². The van der Waals surface area contributed by atoms with Gasteiger partial charge in [0.15, 0.2) is 0 Å². The van der Waals surface area contributed by atoms with Crippen LogP contribution in [0.4, 0.5) is 4.39 Å². The molecule has 0 aromatic heterocycles. The molecule has 0 saturated carbocycles. The molecule has 0 bridgehead atoms. The molecule has 8 heteroatoms. The summed E-state index contributed by atoms with van der Waals surface area (Å²) in [5.41, 5.74) is 0.467. The zero-order valence-corrected chi connectivity index (χ0v) is 19.8. The first-order valence-electron chi connectivity index (χ1n) is 11.6. The Bertz CT molecular complexity index is 1000. The number of hydrogen-bond acceptors (Lipinski definition) is 4. The number of hydrogen-bond donors (Lipinski definition) is 2. The summed E-state index contributed by atoms with van der Waals surface area (Å²) in [6.45, 7) is 5.25. The van der Waals surface area contributed by atoms with E-state index >= 15 is 0 Å². The van der Waals surface area contributed by atoms with E-state index in [2.05, 4.69) is 10.6 Å². The van der Waals surface area contributed by atoms with Crippen LogP contribution >= 0.6 is 0 Å². The lowest BCUT2D eigenvalue weighted by molar-refractivity contribution is -0.124. The average Bonchev–Trinajstić information content (AvgIpc) is 2.85. The molecule has 1 heterocycles. The molecule has 0 unspecified atom stereocenters. The van der Waals surface area contributed by atoms with Crippen LogP contribution in [0.3, 0.4) is 0 Å². The summed E-state index contributed by atoms with van der Waals surface area (Å²) in [5, 5.41) is 5.81. The lowest BCUT2D eigenvalue weighted by atomic mass is 9.88. The first-order valence-corrected chi connectivity index (χ1v) is 11.6. The van der Waals surface area contributed by atoms with E-state index in [-0.39, 0.29) is 35.1 Å². The smallest absolute Gasteiger partial charge is 0.256 e. The van der Waals surface area contributed by atoms with Gasteiger partial charge in [0.1, 0.15) is 17.6 Å². The minimum Gasteiger partial charge on any atom is -0.497 e. The van der Waals surface area contributed by atoms with Crippen molar-refractivity contribution in [3.05, 3.63) is 65.5 Å². The molecule has 2 aromatic rings. The normalized spacial score (nSPS) is 15.0. The highest BCUT2D eigenvalue weighted by Gasteiger charge is 2.34. The van der Waals surface area contributed by atoms with Crippen LogP contribution in [0.15, 0.2) is 48.5 Å². The number of methoxy groups -OCH3 is 1. The van der Waals surface area contributed by atoms with Gasteiger partial charge in [-0.05, 0) is 61.1 Å². The second-order valence-corrected chi connectivity index (χ2v) is 8.93. The number of benzene rings is 2. The maximum absolute atomic E-state index is 14.1. The SMILES string of the molecule is COc1ccc(C(=O)N[C@@H](C(=O)NCC(C)C)C2CCN(C(=O)c3ccccc3F)CC2)cc1. The number of nitrogens with one attached hydrogen (secondary N) is 2. The molecule has 0 radical (unpaired) electrons. The zero-order valence-electron chi connectivity index (χ0n) is 19.8. The average molecular weight is 470 g/mol. The van der Waals surface area contributed by atoms with E-state index in [9.17, 15) is 18.8 Å². The highest BCUT2D eigenvalue weighted by Crippen LogP contribution is 2.24. The van der Waals surface area contributed by atoms with Crippen molar-refractivity contribution in [2.75, 3.05) is 26.7 Å². The first kappa shape index (κ1) is 25.2. The molecule has 1 atom stereocenters. The van der Waals surface area contributed by atoms with E-state index in [0.29, 0.717) is 43.8 Å². The molecular weight excluding hydrogens is 437 g/mol. The fourth-order valence-electron chi connectivity index (χ4n) is 4.02. The summed E-state index contributed by atoms with van der Waals surface area (Å²) in [5.74, 6) is -0.755. The van der Waals surface area contributed by atoms with Gasteiger partial charge in [-0.1, -0.05) is 26.0 Å². The molecule has 1 aliphatic heterocycles. The van der Waals surface area contributed by atoms with Crippen LogP contribution in [0.1, 0.15) is 47.4 Å². The summed E-state index contributed by atoms with van der Waals surface area (Å²) < 4.78 is 19.2. The third kappa shape index (κ3) is 6.34. The van der Waals surface area contributed by atoms with Gasteiger partial charge >= 0.3 is 0 Å². The van der Waals surface area contributed by atoms with Crippen LogP contribution in [-0.4, -0.2) is 55.4 Å². The molecule has 2 aromatic carbocycles. The molecule has 1 fully saturated rings. The highest BCUT2D eigenvalue weighted by atomic mass is 19.1. The number of amides is 3. The minimum atomic E-state index is -0.737. The molecule has 0 aliphatic carbocycles. The van der Waals surface area contributed by atoms with Gasteiger partial charge in [0, 0.05) is 25.2 Å². The molecule has 1 saturated heterocycles. The second-order valence-electron chi connectivity index (χ2n) is 8.93. The third-order valence-electron chi connectivity index (χ3n) is 6.01. The van der Waals surface area contributed by atoms with Gasteiger partial charge in [-0.15, -0.1) is 0 Å². The lowest BCUT2D eigenvalue weighted by Gasteiger charge is -2.36. The second kappa shape index (κ2) is 11.6. The number of likely N-dealkylation sites (tertiary alicyclic amines) is 1. The van der Waals surface area contributed by atoms with Gasteiger partial charge in [-0.2, -0.15) is 0 Å². The van der Waals surface area contributed by atoms with E-state index < -0.39 is 11.9 Å². The maximum atomic E-state index is 14.1. The number of ether oxygens (including phenoxy) is 1. The van der Waals surface area contributed by atoms with Crippen LogP contribution in [0.5, 0.6) is 5.75 Å². The molecule has 2 N–H and O–H groups in total. The van der Waals surface area contributed by atoms with Crippen molar-refractivity contribution in [2.45, 2.75) is 32.7 Å². The fourth-order valence-corrected chi connectivity index (χ4v) is 4.02. The van der Waals surface area contributed by atoms with Crippen molar-refractivity contribution < 1.29 is 23.5 Å². The third-order valence-corrected chi connectivity index (χ3v) is 6.01. The van der Waals surface area contributed by atoms with E-state index in [1.807, 2.05) is 13.8 Å². The Labute approximate surface area is 199 Å². The number of carbonyl (C=O) groups excluding carboxylic acids is 3. The van der Waals surface area contributed by atoms with Crippen molar-refractivity contribution in [1.29, 1.82) is 0 Å². The van der Waals surface area contributed by atoms with Crippen LogP contribution < -0.4 is 15.4 Å². The number of halogens is 1. The number of carbonyl (C=O) groups is 3. The number of rotatable bonds is 8. The van der Waals surface area contributed by atoms with Crippen LogP contribution in [0.2, 0.25) is 0 Å². The zero-order chi connectivity index (χ0) is 24.7. The Morgan fingerprint density at radius 2 is 1.71 bits per heavy atom. The Hall–Kier alpha value is -3.42. The molecule has 1 aliphatic rings. The van der Waals surface area contributed by atoms with E-state index in [4.69, 9.17) is 4.74 Å². The standard InChI is InChI=1S/C26H32FN3O4/c1-17(2)16-28-25(32)23(29-24(31)19-8-10-20(34-3)11-9-19)18-12-14-30(15-13-18)26(33)21-6-4-5-7-22(21)27/h4-11,17-18,23H,12-16H2,1-3H3,(H,28,32)(H,29,31)/t23-/m1/s1. The fraction of sp³-hybridized carbons (Fsp3) is 0.423. The molecule has 3 rings (SSSR count). The van der Waals surface area contributed by atoms with Crippen molar-refractivity contribution >= 4 is 17.7 Å². The topological polar surface area (TPSA) is 87.7 Å². The summed E-state index contributed by atoms with van der Waals surface area (Å²) in [7, 11) is 1.55. The van der Waals surface area contributed by atoms with Gasteiger partial charge in [-0.3, -0.25) is 14.4 Å². The van der Waals surface area contributed by atoms with Crippen molar-refractivity contribution in [3.8, 4) is 5.75 Å². The predicted octanol–water partition coefficient (Wildman–Crippen LogP) is 3.26. The van der Waals surface area contributed by atoms with Gasteiger partial charge in [0.25, 0.3) is 11.8 Å². The Morgan fingerprint density at radius 3 is 2.29 bits per heavy atom. The number of nitrogens with zero attached hydrogens (tertiary/aromatic N) is 1. The Morgan fingerprint density at radius 1 is 1.06 bits per heavy atom. The van der Waals surface area contributed by atoms with Gasteiger partial charge < -0.3 is 20.3 Å². The van der Waals surface area contributed by atoms with Crippen LogP contribution in [0.25, 0.3) is 0 Å². The van der Waals surface area contributed by atoms with Crippen molar-refractivity contribution in [1.82, 2.24) is 15.5 Å². The molecule has 7 nitrogen and oxygen atoms in total.